The van der Waals surface area contributed by atoms with Gasteiger partial charge in [-0.05, 0) is 19.1 Å². The van der Waals surface area contributed by atoms with Crippen molar-refractivity contribution in [3.8, 4) is 5.75 Å². The summed E-state index contributed by atoms with van der Waals surface area (Å²) < 4.78 is 20.1. The van der Waals surface area contributed by atoms with Gasteiger partial charge in [0.2, 0.25) is 5.78 Å². The normalized spacial score (nSPS) is 10.4. The molecule has 2 aromatic rings. The summed E-state index contributed by atoms with van der Waals surface area (Å²) in [6.07, 6.45) is 1.43. The summed E-state index contributed by atoms with van der Waals surface area (Å²) in [5.74, 6) is -0.648. The zero-order valence-corrected chi connectivity index (χ0v) is 10.4. The Hall–Kier alpha value is -2.17. The van der Waals surface area contributed by atoms with Crippen LogP contribution in [0.3, 0.4) is 0 Å². The van der Waals surface area contributed by atoms with E-state index in [1.807, 2.05) is 0 Å². The predicted octanol–water partition coefficient (Wildman–Crippen LogP) is 2.11. The van der Waals surface area contributed by atoms with Crippen LogP contribution in [0.5, 0.6) is 5.75 Å². The Balaban J connectivity index is 2.54. The van der Waals surface area contributed by atoms with Gasteiger partial charge in [0.25, 0.3) is 0 Å². The first-order valence-corrected chi connectivity index (χ1v) is 5.41. The van der Waals surface area contributed by atoms with Crippen LogP contribution >= 0.6 is 0 Å². The van der Waals surface area contributed by atoms with Gasteiger partial charge in [0, 0.05) is 7.05 Å². The molecular formula is C13H13FN2O2. The molecular weight excluding hydrogens is 235 g/mol. The van der Waals surface area contributed by atoms with Crippen LogP contribution in [0.2, 0.25) is 0 Å². The van der Waals surface area contributed by atoms with Crippen molar-refractivity contribution >= 4 is 5.78 Å². The molecule has 18 heavy (non-hydrogen) atoms. The maximum absolute atomic E-state index is 13.7. The maximum Gasteiger partial charge on any atom is 0.217 e. The molecule has 0 N–H and O–H groups in total. The molecule has 0 aliphatic rings. The van der Waals surface area contributed by atoms with Crippen LogP contribution in [-0.4, -0.2) is 22.7 Å². The van der Waals surface area contributed by atoms with Crippen LogP contribution in [0.1, 0.15) is 21.6 Å². The summed E-state index contributed by atoms with van der Waals surface area (Å²) >= 11 is 0. The minimum atomic E-state index is -0.547. The first-order valence-electron chi connectivity index (χ1n) is 5.41. The molecule has 2 rings (SSSR count). The van der Waals surface area contributed by atoms with Crippen molar-refractivity contribution < 1.29 is 13.9 Å². The number of benzene rings is 1. The summed E-state index contributed by atoms with van der Waals surface area (Å²) in [4.78, 5) is 12.3. The highest BCUT2D eigenvalue weighted by Gasteiger charge is 2.22. The molecule has 0 fully saturated rings. The minimum Gasteiger partial charge on any atom is -0.493 e. The number of ether oxygens (including phenoxy) is 1. The lowest BCUT2D eigenvalue weighted by Gasteiger charge is -2.06. The number of nitrogens with zero attached hydrogens (tertiary/aromatic N) is 2. The highest BCUT2D eigenvalue weighted by Crippen LogP contribution is 2.22. The molecule has 0 aliphatic carbocycles. The highest BCUT2D eigenvalue weighted by molar-refractivity contribution is 6.09. The van der Waals surface area contributed by atoms with Crippen molar-refractivity contribution in [2.75, 3.05) is 7.11 Å². The summed E-state index contributed by atoms with van der Waals surface area (Å²) in [5.41, 5.74) is 1.08. The Kier molecular flexibility index (Phi) is 3.14. The predicted molar refractivity (Wildman–Crippen MR) is 64.3 cm³/mol. The van der Waals surface area contributed by atoms with E-state index in [0.29, 0.717) is 5.75 Å². The Bertz CT molecular complexity index is 605. The molecule has 0 amide bonds. The van der Waals surface area contributed by atoms with Gasteiger partial charge >= 0.3 is 0 Å². The fourth-order valence-electron chi connectivity index (χ4n) is 1.77. The van der Waals surface area contributed by atoms with E-state index in [-0.39, 0.29) is 11.3 Å². The van der Waals surface area contributed by atoms with Gasteiger partial charge in [0.1, 0.15) is 5.82 Å². The maximum atomic E-state index is 13.7. The van der Waals surface area contributed by atoms with E-state index >= 15 is 0 Å². The second-order valence-corrected chi connectivity index (χ2v) is 4.00. The van der Waals surface area contributed by atoms with E-state index in [9.17, 15) is 9.18 Å². The molecule has 4 nitrogen and oxygen atoms in total. The van der Waals surface area contributed by atoms with Gasteiger partial charge in [-0.1, -0.05) is 11.6 Å². The van der Waals surface area contributed by atoms with Crippen LogP contribution in [0.4, 0.5) is 4.39 Å². The summed E-state index contributed by atoms with van der Waals surface area (Å²) in [6.45, 7) is 1.80. The summed E-state index contributed by atoms with van der Waals surface area (Å²) in [5, 5.41) is 3.93. The van der Waals surface area contributed by atoms with Crippen LogP contribution in [0.15, 0.2) is 24.4 Å². The Labute approximate surface area is 104 Å². The van der Waals surface area contributed by atoms with Crippen molar-refractivity contribution in [3.63, 3.8) is 0 Å². The Morgan fingerprint density at radius 3 is 2.83 bits per heavy atom. The van der Waals surface area contributed by atoms with Crippen LogP contribution in [-0.2, 0) is 7.05 Å². The second-order valence-electron chi connectivity index (χ2n) is 4.00. The number of ketones is 1. The average Bonchev–Trinajstić information content (AvgIpc) is 2.72. The number of methoxy groups -OCH3 is 1. The van der Waals surface area contributed by atoms with E-state index in [1.54, 1.807) is 20.0 Å². The molecule has 94 valence electrons. The lowest BCUT2D eigenvalue weighted by Crippen LogP contribution is -2.11. The van der Waals surface area contributed by atoms with E-state index in [2.05, 4.69) is 5.10 Å². The lowest BCUT2D eigenvalue weighted by molar-refractivity contribution is 0.102. The van der Waals surface area contributed by atoms with Crippen LogP contribution in [0.25, 0.3) is 0 Å². The molecule has 0 bridgehead atoms. The third kappa shape index (κ3) is 1.99. The number of carbonyl (C=O) groups is 1. The van der Waals surface area contributed by atoms with Gasteiger partial charge in [-0.2, -0.15) is 5.10 Å². The van der Waals surface area contributed by atoms with Crippen molar-refractivity contribution in [2.45, 2.75) is 6.92 Å². The van der Waals surface area contributed by atoms with E-state index in [1.165, 1.54) is 30.1 Å². The Morgan fingerprint density at radius 2 is 2.17 bits per heavy atom. The smallest absolute Gasteiger partial charge is 0.217 e. The molecule has 0 unspecified atom stereocenters. The number of rotatable bonds is 3. The minimum absolute atomic E-state index is 0.0249. The largest absolute Gasteiger partial charge is 0.493 e. The van der Waals surface area contributed by atoms with Gasteiger partial charge in [0.15, 0.2) is 11.4 Å². The molecule has 1 aromatic heterocycles. The lowest BCUT2D eigenvalue weighted by atomic mass is 10.0. The molecule has 0 aliphatic heterocycles. The van der Waals surface area contributed by atoms with Crippen molar-refractivity contribution in [3.05, 3.63) is 47.0 Å². The number of hydrogen-bond acceptors (Lipinski definition) is 3. The molecule has 1 aromatic carbocycles. The monoisotopic (exact) mass is 248 g/mol. The third-order valence-electron chi connectivity index (χ3n) is 2.71. The Morgan fingerprint density at radius 1 is 1.44 bits per heavy atom. The first kappa shape index (κ1) is 12.3. The zero-order valence-electron chi connectivity index (χ0n) is 10.4. The fraction of sp³-hybridized carbons (Fsp3) is 0.231. The highest BCUT2D eigenvalue weighted by atomic mass is 19.1. The van der Waals surface area contributed by atoms with E-state index in [0.717, 1.165) is 5.56 Å². The van der Waals surface area contributed by atoms with Crippen molar-refractivity contribution in [2.24, 2.45) is 7.05 Å². The van der Waals surface area contributed by atoms with Crippen molar-refractivity contribution in [1.82, 2.24) is 9.78 Å². The van der Waals surface area contributed by atoms with Crippen LogP contribution in [0, 0.1) is 12.7 Å². The number of aryl methyl sites for hydroxylation is 2. The third-order valence-corrected chi connectivity index (χ3v) is 2.71. The molecule has 0 spiro atoms. The van der Waals surface area contributed by atoms with Gasteiger partial charge < -0.3 is 4.74 Å². The first-order chi connectivity index (χ1) is 8.54. The second kappa shape index (κ2) is 4.60. The van der Waals surface area contributed by atoms with Gasteiger partial charge in [-0.25, -0.2) is 4.39 Å². The SMILES string of the molecule is COc1cnn(C)c1C(=O)c1cc(C)ccc1F. The molecule has 0 atom stereocenters. The van der Waals surface area contributed by atoms with Gasteiger partial charge in [-0.15, -0.1) is 0 Å². The number of hydrogen-bond donors (Lipinski definition) is 0. The number of carbonyl (C=O) groups excluding carboxylic acids is 1. The van der Waals surface area contributed by atoms with Crippen molar-refractivity contribution in [1.29, 1.82) is 0 Å². The molecule has 0 saturated heterocycles. The van der Waals surface area contributed by atoms with Gasteiger partial charge in [0.05, 0.1) is 18.9 Å². The fourth-order valence-corrected chi connectivity index (χ4v) is 1.77. The summed E-state index contributed by atoms with van der Waals surface area (Å²) in [6, 6.07) is 4.42. The summed E-state index contributed by atoms with van der Waals surface area (Å²) in [7, 11) is 3.06. The van der Waals surface area contributed by atoms with Crippen LogP contribution < -0.4 is 4.74 Å². The zero-order chi connectivity index (χ0) is 13.3. The molecule has 0 saturated carbocycles. The average molecular weight is 248 g/mol. The molecule has 5 heteroatoms. The van der Waals surface area contributed by atoms with Gasteiger partial charge in [-0.3, -0.25) is 9.48 Å². The van der Waals surface area contributed by atoms with E-state index in [4.69, 9.17) is 4.74 Å². The van der Waals surface area contributed by atoms with E-state index < -0.39 is 11.6 Å². The number of aromatic nitrogens is 2. The number of halogens is 1. The molecule has 1 heterocycles. The topological polar surface area (TPSA) is 44.1 Å². The molecule has 0 radical (unpaired) electrons. The quantitative estimate of drug-likeness (QED) is 0.781. The standard InChI is InChI=1S/C13H13FN2O2/c1-8-4-5-10(14)9(6-8)13(17)12-11(18-3)7-15-16(12)2/h4-7H,1-3H3.